The lowest BCUT2D eigenvalue weighted by Gasteiger charge is -2.17. The smallest absolute Gasteiger partial charge is 0.344 e. The van der Waals surface area contributed by atoms with Crippen molar-refractivity contribution >= 4 is 16.9 Å². The van der Waals surface area contributed by atoms with E-state index in [0.717, 1.165) is 11.8 Å². The maximum atomic E-state index is 11.9. The Labute approximate surface area is 138 Å². The molecule has 124 valence electrons. The first-order valence-corrected chi connectivity index (χ1v) is 8.18. The Morgan fingerprint density at radius 1 is 1.17 bits per heavy atom. The van der Waals surface area contributed by atoms with E-state index in [4.69, 9.17) is 13.9 Å². The fourth-order valence-corrected chi connectivity index (χ4v) is 3.60. The molecule has 1 aromatic heterocycles. The Hall–Kier alpha value is -2.56. The summed E-state index contributed by atoms with van der Waals surface area (Å²) in [7, 11) is 0. The van der Waals surface area contributed by atoms with Gasteiger partial charge in [-0.05, 0) is 48.8 Å². The van der Waals surface area contributed by atoms with E-state index in [1.54, 1.807) is 24.3 Å². The lowest BCUT2D eigenvalue weighted by molar-refractivity contribution is -0.147. The van der Waals surface area contributed by atoms with Crippen LogP contribution in [0.3, 0.4) is 0 Å². The van der Waals surface area contributed by atoms with Crippen molar-refractivity contribution in [1.82, 2.24) is 0 Å². The third-order valence-electron chi connectivity index (χ3n) is 4.83. The van der Waals surface area contributed by atoms with Crippen molar-refractivity contribution in [1.29, 1.82) is 0 Å². The topological polar surface area (TPSA) is 65.7 Å². The van der Waals surface area contributed by atoms with Gasteiger partial charge in [0, 0.05) is 17.5 Å². The molecule has 5 nitrogen and oxygen atoms in total. The molecule has 1 heterocycles. The molecule has 4 rings (SSSR count). The number of hydrogen-bond acceptors (Lipinski definition) is 5. The Bertz CT molecular complexity index is 850. The number of carbonyl (C=O) groups excluding carboxylic acids is 1. The predicted octanol–water partition coefficient (Wildman–Crippen LogP) is 2.93. The number of carbonyl (C=O) groups is 1. The first kappa shape index (κ1) is 15.0. The third-order valence-corrected chi connectivity index (χ3v) is 4.83. The molecule has 2 aliphatic carbocycles. The largest absolute Gasteiger partial charge is 0.482 e. The van der Waals surface area contributed by atoms with Crippen molar-refractivity contribution in [3.05, 3.63) is 52.9 Å². The molecular weight excluding hydrogens is 308 g/mol. The second-order valence-corrected chi connectivity index (χ2v) is 6.47. The second kappa shape index (κ2) is 6.15. The number of rotatable bonds is 5. The summed E-state index contributed by atoms with van der Waals surface area (Å²) in [6.07, 6.45) is 6.82. The van der Waals surface area contributed by atoms with Gasteiger partial charge in [-0.25, -0.2) is 9.59 Å². The van der Waals surface area contributed by atoms with Crippen LogP contribution in [0.25, 0.3) is 11.0 Å². The first-order valence-electron chi connectivity index (χ1n) is 8.18. The van der Waals surface area contributed by atoms with Gasteiger partial charge in [-0.15, -0.1) is 0 Å². The van der Waals surface area contributed by atoms with Crippen molar-refractivity contribution in [2.45, 2.75) is 12.8 Å². The van der Waals surface area contributed by atoms with Crippen molar-refractivity contribution in [3.8, 4) is 5.75 Å². The maximum Gasteiger partial charge on any atom is 0.344 e. The van der Waals surface area contributed by atoms with Gasteiger partial charge in [0.15, 0.2) is 6.61 Å². The second-order valence-electron chi connectivity index (χ2n) is 6.47. The Morgan fingerprint density at radius 2 is 2.04 bits per heavy atom. The molecule has 0 N–H and O–H groups in total. The summed E-state index contributed by atoms with van der Waals surface area (Å²) in [5.74, 6) is 1.77. The van der Waals surface area contributed by atoms with E-state index in [2.05, 4.69) is 12.2 Å². The summed E-state index contributed by atoms with van der Waals surface area (Å²) in [6.45, 7) is 0.305. The van der Waals surface area contributed by atoms with Crippen LogP contribution in [0.2, 0.25) is 0 Å². The van der Waals surface area contributed by atoms with E-state index in [0.29, 0.717) is 35.7 Å². The monoisotopic (exact) mass is 326 g/mol. The van der Waals surface area contributed by atoms with Gasteiger partial charge >= 0.3 is 11.6 Å². The molecule has 5 heteroatoms. The highest BCUT2D eigenvalue weighted by atomic mass is 16.6. The summed E-state index contributed by atoms with van der Waals surface area (Å²) >= 11 is 0. The summed E-state index contributed by atoms with van der Waals surface area (Å²) in [6, 6.07) is 8.16. The van der Waals surface area contributed by atoms with Gasteiger partial charge in [-0.1, -0.05) is 12.2 Å². The number of allylic oxidation sites excluding steroid dienone is 2. The molecule has 0 radical (unpaired) electrons. The van der Waals surface area contributed by atoms with E-state index in [1.807, 2.05) is 0 Å². The zero-order chi connectivity index (χ0) is 16.5. The molecule has 0 aliphatic heterocycles. The molecule has 1 saturated carbocycles. The minimum absolute atomic E-state index is 0.154. The zero-order valence-corrected chi connectivity index (χ0v) is 13.1. The lowest BCUT2D eigenvalue weighted by atomic mass is 9.95. The maximum absolute atomic E-state index is 11.9. The van der Waals surface area contributed by atoms with Gasteiger partial charge in [0.05, 0.1) is 6.61 Å². The van der Waals surface area contributed by atoms with Crippen LogP contribution in [0.1, 0.15) is 12.8 Å². The van der Waals surface area contributed by atoms with E-state index in [-0.39, 0.29) is 12.6 Å². The van der Waals surface area contributed by atoms with Gasteiger partial charge in [0.1, 0.15) is 11.3 Å². The van der Waals surface area contributed by atoms with Gasteiger partial charge < -0.3 is 13.9 Å². The average molecular weight is 326 g/mol. The summed E-state index contributed by atoms with van der Waals surface area (Å²) < 4.78 is 15.9. The van der Waals surface area contributed by atoms with Crippen LogP contribution in [0.15, 0.2) is 51.7 Å². The molecular formula is C19H18O5. The SMILES string of the molecule is O=C(COc1ccc2ccc(=O)oc2c1)OCC1CC2C=CC1C2. The van der Waals surface area contributed by atoms with E-state index >= 15 is 0 Å². The molecule has 1 aromatic carbocycles. The highest BCUT2D eigenvalue weighted by molar-refractivity contribution is 5.78. The molecule has 24 heavy (non-hydrogen) atoms. The molecule has 2 aromatic rings. The molecule has 3 unspecified atom stereocenters. The van der Waals surface area contributed by atoms with Crippen molar-refractivity contribution < 1.29 is 18.7 Å². The Kier molecular flexibility index (Phi) is 3.84. The highest BCUT2D eigenvalue weighted by Gasteiger charge is 2.36. The number of hydrogen-bond donors (Lipinski definition) is 0. The van der Waals surface area contributed by atoms with Crippen molar-refractivity contribution in [2.75, 3.05) is 13.2 Å². The quantitative estimate of drug-likeness (QED) is 0.480. The van der Waals surface area contributed by atoms with E-state index in [1.165, 1.54) is 12.5 Å². The standard InChI is InChI=1S/C19H18O5/c20-18-6-4-13-3-5-16(9-17(13)24-18)22-11-19(21)23-10-15-8-12-1-2-14(15)7-12/h1-6,9,12,14-15H,7-8,10-11H2. The summed E-state index contributed by atoms with van der Waals surface area (Å²) in [4.78, 5) is 23.1. The van der Waals surface area contributed by atoms with Crippen molar-refractivity contribution in [2.24, 2.45) is 17.8 Å². The first-order chi connectivity index (χ1) is 11.7. The zero-order valence-electron chi connectivity index (χ0n) is 13.1. The predicted molar refractivity (Wildman–Crippen MR) is 87.8 cm³/mol. The molecule has 0 saturated heterocycles. The van der Waals surface area contributed by atoms with Crippen molar-refractivity contribution in [3.63, 3.8) is 0 Å². The normalized spacial score (nSPS) is 24.4. The third kappa shape index (κ3) is 3.07. The van der Waals surface area contributed by atoms with Gasteiger partial charge in [-0.3, -0.25) is 0 Å². The van der Waals surface area contributed by atoms with E-state index < -0.39 is 5.63 Å². The number of benzene rings is 1. The molecule has 2 bridgehead atoms. The van der Waals surface area contributed by atoms with Crippen LogP contribution in [-0.2, 0) is 9.53 Å². The van der Waals surface area contributed by atoms with E-state index in [9.17, 15) is 9.59 Å². The van der Waals surface area contributed by atoms with Crippen LogP contribution in [0.4, 0.5) is 0 Å². The number of fused-ring (bicyclic) bond motifs is 3. The lowest BCUT2D eigenvalue weighted by Crippen LogP contribution is -2.21. The molecule has 0 spiro atoms. The van der Waals surface area contributed by atoms with Gasteiger partial charge in [0.25, 0.3) is 0 Å². The molecule has 1 fully saturated rings. The molecule has 0 amide bonds. The van der Waals surface area contributed by atoms with Gasteiger partial charge in [0.2, 0.25) is 0 Å². The highest BCUT2D eigenvalue weighted by Crippen LogP contribution is 2.43. The van der Waals surface area contributed by atoms with Crippen LogP contribution in [0.5, 0.6) is 5.75 Å². The fourth-order valence-electron chi connectivity index (χ4n) is 3.60. The minimum Gasteiger partial charge on any atom is -0.482 e. The van der Waals surface area contributed by atoms with Crippen LogP contribution < -0.4 is 10.4 Å². The average Bonchev–Trinajstić information content (AvgIpc) is 3.20. The minimum atomic E-state index is -0.418. The Morgan fingerprint density at radius 3 is 2.83 bits per heavy atom. The summed E-state index contributed by atoms with van der Waals surface area (Å²) in [5.41, 5.74) is 0.0149. The Balaban J connectivity index is 1.30. The van der Waals surface area contributed by atoms with Crippen LogP contribution in [-0.4, -0.2) is 19.2 Å². The van der Waals surface area contributed by atoms with Crippen LogP contribution in [0, 0.1) is 17.8 Å². The number of esters is 1. The summed E-state index contributed by atoms with van der Waals surface area (Å²) in [5, 5.41) is 0.800. The van der Waals surface area contributed by atoms with Gasteiger partial charge in [-0.2, -0.15) is 0 Å². The molecule has 2 aliphatic rings. The fraction of sp³-hybridized carbons (Fsp3) is 0.368. The number of ether oxygens (including phenoxy) is 2. The molecule has 3 atom stereocenters. The van der Waals surface area contributed by atoms with Crippen LogP contribution >= 0.6 is 0 Å².